The number of thiazole rings is 1. The summed E-state index contributed by atoms with van der Waals surface area (Å²) in [6.07, 6.45) is 3.29. The number of hydrogen-bond acceptors (Lipinski definition) is 5. The van der Waals surface area contributed by atoms with E-state index in [1.54, 1.807) is 22.1 Å². The Morgan fingerprint density at radius 1 is 1.14 bits per heavy atom. The van der Waals surface area contributed by atoms with Crippen LogP contribution in [0.5, 0.6) is 0 Å². The van der Waals surface area contributed by atoms with Crippen LogP contribution >= 0.6 is 11.3 Å². The number of piperidine rings is 1. The minimum absolute atomic E-state index is 0.0251. The largest absolute Gasteiger partial charge is 0.340 e. The second-order valence-corrected chi connectivity index (χ2v) is 8.44. The molecule has 5 rings (SSSR count). The molecule has 146 valence electrons. The van der Waals surface area contributed by atoms with Gasteiger partial charge in [0.15, 0.2) is 0 Å². The number of amides is 1. The maximum atomic E-state index is 13.0. The quantitative estimate of drug-likeness (QED) is 0.525. The number of para-hydroxylation sites is 2. The Kier molecular flexibility index (Phi) is 4.60. The summed E-state index contributed by atoms with van der Waals surface area (Å²) in [5.41, 5.74) is 1.59. The Labute approximate surface area is 171 Å². The first-order chi connectivity index (χ1) is 14.2. The predicted octanol–water partition coefficient (Wildman–Crippen LogP) is 3.41. The zero-order valence-corrected chi connectivity index (χ0v) is 16.6. The lowest BCUT2D eigenvalue weighted by molar-refractivity contribution is -0.133. The topological polar surface area (TPSA) is 68.1 Å². The molecular weight excluding hydrogens is 384 g/mol. The van der Waals surface area contributed by atoms with Gasteiger partial charge in [0, 0.05) is 24.4 Å². The van der Waals surface area contributed by atoms with Crippen molar-refractivity contribution in [2.45, 2.75) is 25.3 Å². The number of fused-ring (bicyclic) bond motifs is 2. The molecule has 1 aliphatic heterocycles. The van der Waals surface area contributed by atoms with Crippen molar-refractivity contribution in [3.63, 3.8) is 0 Å². The molecular formula is C22H20N4O2S. The smallest absolute Gasteiger partial charge is 0.244 e. The average molecular weight is 404 g/mol. The summed E-state index contributed by atoms with van der Waals surface area (Å²) >= 11 is 1.72. The SMILES string of the molecule is O=C(Cn1ncc(=O)c2ccccc21)N1CCC[C@H](c2nc3ccccc3s2)C1. The minimum atomic E-state index is -0.127. The molecule has 1 saturated heterocycles. The Balaban J connectivity index is 1.36. The lowest BCUT2D eigenvalue weighted by atomic mass is 9.98. The first-order valence-corrected chi connectivity index (χ1v) is 10.6. The van der Waals surface area contributed by atoms with Crippen molar-refractivity contribution >= 4 is 38.4 Å². The molecule has 1 fully saturated rings. The molecule has 3 heterocycles. The van der Waals surface area contributed by atoms with Crippen LogP contribution in [0.15, 0.2) is 59.5 Å². The molecule has 1 aliphatic rings. The molecule has 0 N–H and O–H groups in total. The third-order valence-corrected chi connectivity index (χ3v) is 6.68. The van der Waals surface area contributed by atoms with Crippen molar-refractivity contribution in [2.75, 3.05) is 13.1 Å². The van der Waals surface area contributed by atoms with Gasteiger partial charge < -0.3 is 4.90 Å². The fraction of sp³-hybridized carbons (Fsp3) is 0.273. The van der Waals surface area contributed by atoms with E-state index in [9.17, 15) is 9.59 Å². The standard InChI is InChI=1S/C22H20N4O2S/c27-19-12-23-26(18-9-3-1-7-16(18)19)14-21(28)25-11-5-6-15(13-25)22-24-17-8-2-4-10-20(17)29-22/h1-4,7-10,12,15H,5-6,11,13-14H2/t15-/m0/s1. The molecule has 6 nitrogen and oxygen atoms in total. The zero-order chi connectivity index (χ0) is 19.8. The molecule has 1 atom stereocenters. The molecule has 7 heteroatoms. The Hall–Kier alpha value is -3.06. The molecule has 2 aromatic heterocycles. The molecule has 0 aliphatic carbocycles. The van der Waals surface area contributed by atoms with E-state index < -0.39 is 0 Å². The van der Waals surface area contributed by atoms with E-state index in [0.717, 1.165) is 29.9 Å². The van der Waals surface area contributed by atoms with Crippen LogP contribution in [0.25, 0.3) is 21.1 Å². The summed E-state index contributed by atoms with van der Waals surface area (Å²) < 4.78 is 2.82. The number of aromatic nitrogens is 3. The Morgan fingerprint density at radius 2 is 1.97 bits per heavy atom. The highest BCUT2D eigenvalue weighted by Crippen LogP contribution is 2.33. The summed E-state index contributed by atoms with van der Waals surface area (Å²) in [5, 5.41) is 5.89. The second kappa shape index (κ2) is 7.40. The number of hydrogen-bond donors (Lipinski definition) is 0. The normalized spacial score (nSPS) is 17.1. The van der Waals surface area contributed by atoms with Crippen molar-refractivity contribution in [1.82, 2.24) is 19.7 Å². The van der Waals surface area contributed by atoms with Gasteiger partial charge in [-0.05, 0) is 37.1 Å². The molecule has 0 unspecified atom stereocenters. The number of rotatable bonds is 3. The minimum Gasteiger partial charge on any atom is -0.340 e. The number of likely N-dealkylation sites (tertiary alicyclic amines) is 1. The molecule has 2 aromatic carbocycles. The monoisotopic (exact) mass is 404 g/mol. The van der Waals surface area contributed by atoms with Gasteiger partial charge in [-0.1, -0.05) is 24.3 Å². The molecule has 4 aromatic rings. The lowest BCUT2D eigenvalue weighted by Gasteiger charge is -2.32. The van der Waals surface area contributed by atoms with E-state index in [-0.39, 0.29) is 23.8 Å². The zero-order valence-electron chi connectivity index (χ0n) is 15.8. The van der Waals surface area contributed by atoms with Gasteiger partial charge >= 0.3 is 0 Å². The van der Waals surface area contributed by atoms with E-state index in [1.165, 1.54) is 10.9 Å². The summed E-state index contributed by atoms with van der Waals surface area (Å²) in [6.45, 7) is 1.56. The van der Waals surface area contributed by atoms with Gasteiger partial charge in [-0.25, -0.2) is 4.98 Å². The first kappa shape index (κ1) is 18.0. The van der Waals surface area contributed by atoms with Crippen LogP contribution in [0.1, 0.15) is 23.8 Å². The van der Waals surface area contributed by atoms with Gasteiger partial charge in [0.25, 0.3) is 0 Å². The van der Waals surface area contributed by atoms with E-state index >= 15 is 0 Å². The van der Waals surface area contributed by atoms with Crippen molar-refractivity contribution in [3.8, 4) is 0 Å². The molecule has 0 radical (unpaired) electrons. The predicted molar refractivity (Wildman–Crippen MR) is 114 cm³/mol. The highest BCUT2D eigenvalue weighted by atomic mass is 32.1. The summed E-state index contributed by atoms with van der Waals surface area (Å²) in [4.78, 5) is 31.7. The van der Waals surface area contributed by atoms with E-state index in [0.29, 0.717) is 17.4 Å². The number of carbonyl (C=O) groups excluding carboxylic acids is 1. The van der Waals surface area contributed by atoms with Gasteiger partial charge in [-0.2, -0.15) is 5.10 Å². The fourth-order valence-corrected chi connectivity index (χ4v) is 5.08. The number of carbonyl (C=O) groups is 1. The fourth-order valence-electron chi connectivity index (χ4n) is 3.98. The maximum Gasteiger partial charge on any atom is 0.244 e. The third-order valence-electron chi connectivity index (χ3n) is 5.48. The number of benzene rings is 2. The average Bonchev–Trinajstić information content (AvgIpc) is 3.20. The second-order valence-electron chi connectivity index (χ2n) is 7.38. The highest BCUT2D eigenvalue weighted by Gasteiger charge is 2.27. The number of nitrogens with zero attached hydrogens (tertiary/aromatic N) is 4. The summed E-state index contributed by atoms with van der Waals surface area (Å²) in [5.74, 6) is 0.293. The summed E-state index contributed by atoms with van der Waals surface area (Å²) in [6, 6.07) is 15.4. The Bertz CT molecular complexity index is 1230. The van der Waals surface area contributed by atoms with Crippen LogP contribution in [0, 0.1) is 0 Å². The molecule has 0 bridgehead atoms. The first-order valence-electron chi connectivity index (χ1n) is 9.77. The van der Waals surface area contributed by atoms with Gasteiger partial charge in [0.05, 0.1) is 26.9 Å². The highest BCUT2D eigenvalue weighted by molar-refractivity contribution is 7.18. The van der Waals surface area contributed by atoms with Crippen LogP contribution in [-0.4, -0.2) is 38.7 Å². The van der Waals surface area contributed by atoms with Crippen LogP contribution in [0.4, 0.5) is 0 Å². The van der Waals surface area contributed by atoms with Crippen molar-refractivity contribution in [3.05, 3.63) is 70.0 Å². The van der Waals surface area contributed by atoms with Crippen molar-refractivity contribution in [2.24, 2.45) is 0 Å². The molecule has 0 spiro atoms. The van der Waals surface area contributed by atoms with Gasteiger partial charge in [-0.3, -0.25) is 14.3 Å². The molecule has 0 saturated carbocycles. The summed E-state index contributed by atoms with van der Waals surface area (Å²) in [7, 11) is 0. The van der Waals surface area contributed by atoms with Gasteiger partial charge in [0.2, 0.25) is 11.3 Å². The van der Waals surface area contributed by atoms with Crippen LogP contribution in [0.3, 0.4) is 0 Å². The van der Waals surface area contributed by atoms with Crippen LogP contribution in [0.2, 0.25) is 0 Å². The van der Waals surface area contributed by atoms with Crippen LogP contribution in [-0.2, 0) is 11.3 Å². The van der Waals surface area contributed by atoms with Crippen molar-refractivity contribution in [1.29, 1.82) is 0 Å². The van der Waals surface area contributed by atoms with E-state index in [4.69, 9.17) is 4.98 Å². The van der Waals surface area contributed by atoms with E-state index in [2.05, 4.69) is 11.2 Å². The molecule has 29 heavy (non-hydrogen) atoms. The van der Waals surface area contributed by atoms with Gasteiger partial charge in [-0.15, -0.1) is 11.3 Å². The molecule has 1 amide bonds. The van der Waals surface area contributed by atoms with E-state index in [1.807, 2.05) is 41.3 Å². The lowest BCUT2D eigenvalue weighted by Crippen LogP contribution is -2.41. The van der Waals surface area contributed by atoms with Crippen LogP contribution < -0.4 is 5.43 Å². The Morgan fingerprint density at radius 3 is 2.86 bits per heavy atom. The van der Waals surface area contributed by atoms with Gasteiger partial charge in [0.1, 0.15) is 6.54 Å². The maximum absolute atomic E-state index is 13.0. The van der Waals surface area contributed by atoms with Crippen molar-refractivity contribution < 1.29 is 4.79 Å². The third kappa shape index (κ3) is 3.42.